The van der Waals surface area contributed by atoms with Crippen LogP contribution in [0.4, 0.5) is 11.5 Å². The summed E-state index contributed by atoms with van der Waals surface area (Å²) in [7, 11) is 2.94. The van der Waals surface area contributed by atoms with Crippen LogP contribution in [0.2, 0.25) is 0 Å². The number of nitrogens with one attached hydrogen (secondary N) is 1. The SMILES string of the molecule is CNC(=O)C1CCCN(c2nc(C(=O)OC)ccc2N)C1. The molecule has 1 aromatic heterocycles. The molecule has 7 nitrogen and oxygen atoms in total. The quantitative estimate of drug-likeness (QED) is 0.783. The molecule has 0 saturated carbocycles. The molecule has 0 radical (unpaired) electrons. The van der Waals surface area contributed by atoms with Gasteiger partial charge in [-0.05, 0) is 25.0 Å². The molecule has 1 saturated heterocycles. The number of rotatable bonds is 3. The molecule has 1 amide bonds. The largest absolute Gasteiger partial charge is 0.464 e. The summed E-state index contributed by atoms with van der Waals surface area (Å²) in [6.07, 6.45) is 1.72. The average molecular weight is 292 g/mol. The zero-order valence-corrected chi connectivity index (χ0v) is 12.3. The summed E-state index contributed by atoms with van der Waals surface area (Å²) in [5.41, 5.74) is 6.66. The van der Waals surface area contributed by atoms with E-state index in [1.165, 1.54) is 13.2 Å². The molecule has 1 unspecified atom stereocenters. The summed E-state index contributed by atoms with van der Waals surface area (Å²) in [6.45, 7) is 1.30. The molecular weight excluding hydrogens is 272 g/mol. The van der Waals surface area contributed by atoms with Gasteiger partial charge in [0.2, 0.25) is 5.91 Å². The molecule has 2 rings (SSSR count). The summed E-state index contributed by atoms with van der Waals surface area (Å²) in [4.78, 5) is 29.6. The van der Waals surface area contributed by atoms with E-state index in [1.54, 1.807) is 13.1 Å². The Morgan fingerprint density at radius 3 is 2.90 bits per heavy atom. The minimum atomic E-state index is -0.504. The fraction of sp³-hybridized carbons (Fsp3) is 0.500. The van der Waals surface area contributed by atoms with Gasteiger partial charge in [0, 0.05) is 20.1 Å². The molecule has 0 spiro atoms. The van der Waals surface area contributed by atoms with Gasteiger partial charge in [-0.1, -0.05) is 0 Å². The van der Waals surface area contributed by atoms with Crippen LogP contribution in [0.15, 0.2) is 12.1 Å². The number of pyridine rings is 1. The van der Waals surface area contributed by atoms with Crippen LogP contribution in [-0.4, -0.2) is 44.1 Å². The number of methoxy groups -OCH3 is 1. The van der Waals surface area contributed by atoms with Gasteiger partial charge in [-0.15, -0.1) is 0 Å². The number of aromatic nitrogens is 1. The number of hydrogen-bond acceptors (Lipinski definition) is 6. The van der Waals surface area contributed by atoms with Crippen LogP contribution in [-0.2, 0) is 9.53 Å². The Hall–Kier alpha value is -2.31. The predicted octanol–water partition coefficient (Wildman–Crippen LogP) is 0.413. The van der Waals surface area contributed by atoms with E-state index in [0.29, 0.717) is 18.1 Å². The second kappa shape index (κ2) is 6.43. The normalized spacial score (nSPS) is 18.2. The van der Waals surface area contributed by atoms with Crippen LogP contribution in [0, 0.1) is 5.92 Å². The minimum Gasteiger partial charge on any atom is -0.464 e. The number of esters is 1. The first-order valence-electron chi connectivity index (χ1n) is 6.88. The minimum absolute atomic E-state index is 0.0161. The average Bonchev–Trinajstić information content (AvgIpc) is 2.53. The van der Waals surface area contributed by atoms with Gasteiger partial charge in [-0.2, -0.15) is 0 Å². The molecule has 1 aromatic rings. The van der Waals surface area contributed by atoms with Crippen molar-refractivity contribution in [3.05, 3.63) is 17.8 Å². The fourth-order valence-electron chi connectivity index (χ4n) is 2.52. The van der Waals surface area contributed by atoms with Crippen molar-refractivity contribution in [2.75, 3.05) is 37.9 Å². The topological polar surface area (TPSA) is 97.5 Å². The smallest absolute Gasteiger partial charge is 0.356 e. The van der Waals surface area contributed by atoms with Gasteiger partial charge < -0.3 is 20.7 Å². The lowest BCUT2D eigenvalue weighted by Gasteiger charge is -2.33. The number of nitrogens with two attached hydrogens (primary N) is 1. The van der Waals surface area contributed by atoms with Crippen LogP contribution in [0.5, 0.6) is 0 Å². The molecular formula is C14H20N4O3. The Balaban J connectivity index is 2.24. The second-order valence-electron chi connectivity index (χ2n) is 5.00. The lowest BCUT2D eigenvalue weighted by atomic mass is 9.97. The van der Waals surface area contributed by atoms with E-state index in [9.17, 15) is 9.59 Å². The number of nitrogen functional groups attached to an aromatic ring is 1. The summed E-state index contributed by atoms with van der Waals surface area (Å²) in [5, 5.41) is 2.67. The third kappa shape index (κ3) is 3.24. The monoisotopic (exact) mass is 292 g/mol. The molecule has 1 atom stereocenters. The number of ether oxygens (including phenoxy) is 1. The van der Waals surface area contributed by atoms with Crippen molar-refractivity contribution in [2.24, 2.45) is 5.92 Å². The van der Waals surface area contributed by atoms with Crippen LogP contribution in [0.1, 0.15) is 23.3 Å². The fourth-order valence-corrected chi connectivity index (χ4v) is 2.52. The molecule has 1 fully saturated rings. The molecule has 3 N–H and O–H groups in total. The Labute approximate surface area is 123 Å². The van der Waals surface area contributed by atoms with Crippen molar-refractivity contribution in [1.82, 2.24) is 10.3 Å². The third-order valence-electron chi connectivity index (χ3n) is 3.64. The van der Waals surface area contributed by atoms with Gasteiger partial charge in [0.1, 0.15) is 0 Å². The molecule has 1 aliphatic rings. The van der Waals surface area contributed by atoms with Crippen molar-refractivity contribution in [2.45, 2.75) is 12.8 Å². The summed E-state index contributed by atoms with van der Waals surface area (Å²) >= 11 is 0. The van der Waals surface area contributed by atoms with E-state index < -0.39 is 5.97 Å². The number of amides is 1. The molecule has 7 heteroatoms. The zero-order valence-electron chi connectivity index (χ0n) is 12.3. The van der Waals surface area contributed by atoms with Crippen molar-refractivity contribution in [1.29, 1.82) is 0 Å². The van der Waals surface area contributed by atoms with E-state index in [2.05, 4.69) is 15.0 Å². The van der Waals surface area contributed by atoms with Gasteiger partial charge in [-0.3, -0.25) is 4.79 Å². The van der Waals surface area contributed by atoms with Gasteiger partial charge in [0.05, 0.1) is 18.7 Å². The van der Waals surface area contributed by atoms with E-state index in [-0.39, 0.29) is 17.5 Å². The highest BCUT2D eigenvalue weighted by Crippen LogP contribution is 2.26. The Morgan fingerprint density at radius 2 is 2.24 bits per heavy atom. The third-order valence-corrected chi connectivity index (χ3v) is 3.64. The van der Waals surface area contributed by atoms with E-state index in [1.807, 2.05) is 4.90 Å². The van der Waals surface area contributed by atoms with Crippen molar-refractivity contribution in [3.8, 4) is 0 Å². The lowest BCUT2D eigenvalue weighted by Crippen LogP contribution is -2.42. The van der Waals surface area contributed by atoms with Gasteiger partial charge in [0.25, 0.3) is 0 Å². The second-order valence-corrected chi connectivity index (χ2v) is 5.00. The standard InChI is InChI=1S/C14H20N4O3/c1-16-13(19)9-4-3-7-18(8-9)12-10(15)5-6-11(17-12)14(20)21-2/h5-6,9H,3-4,7-8,15H2,1-2H3,(H,16,19). The summed E-state index contributed by atoms with van der Waals surface area (Å²) < 4.78 is 4.67. The Morgan fingerprint density at radius 1 is 1.48 bits per heavy atom. The van der Waals surface area contributed by atoms with Crippen molar-refractivity contribution < 1.29 is 14.3 Å². The Bertz CT molecular complexity index is 547. The summed E-state index contributed by atoms with van der Waals surface area (Å²) in [6, 6.07) is 3.17. The molecule has 0 bridgehead atoms. The van der Waals surface area contributed by atoms with Crippen LogP contribution in [0.25, 0.3) is 0 Å². The number of carbonyl (C=O) groups excluding carboxylic acids is 2. The lowest BCUT2D eigenvalue weighted by molar-refractivity contribution is -0.124. The van der Waals surface area contributed by atoms with Crippen molar-refractivity contribution >= 4 is 23.4 Å². The highest BCUT2D eigenvalue weighted by atomic mass is 16.5. The van der Waals surface area contributed by atoms with Crippen LogP contribution < -0.4 is 16.0 Å². The van der Waals surface area contributed by atoms with E-state index in [0.717, 1.165) is 19.4 Å². The maximum absolute atomic E-state index is 11.8. The molecule has 0 aliphatic carbocycles. The van der Waals surface area contributed by atoms with E-state index >= 15 is 0 Å². The number of piperidine rings is 1. The molecule has 114 valence electrons. The van der Waals surface area contributed by atoms with Gasteiger partial charge in [-0.25, -0.2) is 9.78 Å². The number of nitrogens with zero attached hydrogens (tertiary/aromatic N) is 2. The first-order chi connectivity index (χ1) is 10.1. The van der Waals surface area contributed by atoms with Crippen LogP contribution >= 0.6 is 0 Å². The number of anilines is 2. The first-order valence-corrected chi connectivity index (χ1v) is 6.88. The molecule has 2 heterocycles. The first kappa shape index (κ1) is 15.1. The number of hydrogen-bond donors (Lipinski definition) is 2. The predicted molar refractivity (Wildman–Crippen MR) is 79.0 cm³/mol. The highest BCUT2D eigenvalue weighted by Gasteiger charge is 2.27. The number of carbonyl (C=O) groups is 2. The molecule has 1 aliphatic heterocycles. The van der Waals surface area contributed by atoms with Gasteiger partial charge in [0.15, 0.2) is 11.5 Å². The van der Waals surface area contributed by atoms with E-state index in [4.69, 9.17) is 5.73 Å². The molecule has 21 heavy (non-hydrogen) atoms. The van der Waals surface area contributed by atoms with Crippen molar-refractivity contribution in [3.63, 3.8) is 0 Å². The van der Waals surface area contributed by atoms with Crippen LogP contribution in [0.3, 0.4) is 0 Å². The maximum Gasteiger partial charge on any atom is 0.356 e. The maximum atomic E-state index is 11.8. The highest BCUT2D eigenvalue weighted by molar-refractivity contribution is 5.88. The summed E-state index contributed by atoms with van der Waals surface area (Å²) in [5.74, 6) is -0.0447. The van der Waals surface area contributed by atoms with Gasteiger partial charge >= 0.3 is 5.97 Å². The Kier molecular flexibility index (Phi) is 4.62. The zero-order chi connectivity index (χ0) is 15.4. The molecule has 0 aromatic carbocycles.